The van der Waals surface area contributed by atoms with Crippen LogP contribution in [0.5, 0.6) is 5.75 Å². The van der Waals surface area contributed by atoms with Gasteiger partial charge in [0.25, 0.3) is 5.91 Å². The van der Waals surface area contributed by atoms with Gasteiger partial charge in [-0.15, -0.1) is 0 Å². The Balaban J connectivity index is 2.09. The van der Waals surface area contributed by atoms with Crippen molar-refractivity contribution in [2.75, 3.05) is 19.7 Å². The molecule has 0 saturated carbocycles. The fourth-order valence-electron chi connectivity index (χ4n) is 3.24. The molecule has 2 aromatic rings. The van der Waals surface area contributed by atoms with E-state index in [1.54, 1.807) is 11.8 Å². The maximum absolute atomic E-state index is 13.1. The summed E-state index contributed by atoms with van der Waals surface area (Å²) < 4.78 is 6.84. The van der Waals surface area contributed by atoms with Crippen molar-refractivity contribution < 1.29 is 14.3 Å². The van der Waals surface area contributed by atoms with Gasteiger partial charge in [-0.1, -0.05) is 60.1 Å². The Morgan fingerprint density at radius 2 is 1.68 bits per heavy atom. The highest BCUT2D eigenvalue weighted by atomic mass is 79.9. The molecule has 1 N–H and O–H groups in total. The van der Waals surface area contributed by atoms with Gasteiger partial charge in [0, 0.05) is 17.6 Å². The van der Waals surface area contributed by atoms with Gasteiger partial charge in [-0.2, -0.15) is 0 Å². The van der Waals surface area contributed by atoms with E-state index in [4.69, 9.17) is 4.74 Å². The third-order valence-corrected chi connectivity index (χ3v) is 6.36. The Bertz CT molecular complexity index is 861. The van der Waals surface area contributed by atoms with E-state index in [2.05, 4.69) is 21.2 Å². The Morgan fingerprint density at radius 1 is 1.06 bits per heavy atom. The van der Waals surface area contributed by atoms with Gasteiger partial charge < -0.3 is 15.0 Å². The summed E-state index contributed by atoms with van der Waals surface area (Å²) >= 11 is 3.54. The number of nitrogens with zero attached hydrogens (tertiary/aromatic N) is 1. The van der Waals surface area contributed by atoms with Crippen LogP contribution in [0.4, 0.5) is 0 Å². The fourth-order valence-corrected chi connectivity index (χ4v) is 3.47. The van der Waals surface area contributed by atoms with E-state index in [1.165, 1.54) is 0 Å². The summed E-state index contributed by atoms with van der Waals surface area (Å²) in [4.78, 5) is 27.3. The quantitative estimate of drug-likeness (QED) is 0.528. The van der Waals surface area contributed by atoms with Crippen LogP contribution >= 0.6 is 15.9 Å². The van der Waals surface area contributed by atoms with E-state index >= 15 is 0 Å². The van der Waals surface area contributed by atoms with Crippen molar-refractivity contribution in [3.63, 3.8) is 0 Å². The average Bonchev–Trinajstić information content (AvgIpc) is 2.74. The van der Waals surface area contributed by atoms with Crippen LogP contribution < -0.4 is 10.1 Å². The zero-order valence-electron chi connectivity index (χ0n) is 19.1. The van der Waals surface area contributed by atoms with Crippen LogP contribution in [-0.4, -0.2) is 42.5 Å². The van der Waals surface area contributed by atoms with Gasteiger partial charge in [0.1, 0.15) is 11.8 Å². The van der Waals surface area contributed by atoms with Crippen LogP contribution in [0.1, 0.15) is 37.5 Å². The van der Waals surface area contributed by atoms with E-state index < -0.39 is 6.04 Å². The van der Waals surface area contributed by atoms with Crippen molar-refractivity contribution in [2.24, 2.45) is 5.92 Å². The first-order valence-corrected chi connectivity index (χ1v) is 11.5. The lowest BCUT2D eigenvalue weighted by Gasteiger charge is -2.29. The molecule has 2 amide bonds. The number of benzene rings is 2. The Labute approximate surface area is 194 Å². The Morgan fingerprint density at radius 3 is 2.26 bits per heavy atom. The molecule has 0 saturated heterocycles. The van der Waals surface area contributed by atoms with Crippen molar-refractivity contribution in [3.05, 3.63) is 63.6 Å². The second-order valence-corrected chi connectivity index (χ2v) is 9.09. The summed E-state index contributed by atoms with van der Waals surface area (Å²) in [7, 11) is 0. The minimum Gasteiger partial charge on any atom is -0.484 e. The van der Waals surface area contributed by atoms with Crippen LogP contribution in [0.3, 0.4) is 0 Å². The molecule has 0 aliphatic rings. The molecule has 0 aliphatic heterocycles. The van der Waals surface area contributed by atoms with Crippen molar-refractivity contribution in [1.82, 2.24) is 10.2 Å². The third-order valence-electron chi connectivity index (χ3n) is 5.11. The van der Waals surface area contributed by atoms with Crippen molar-refractivity contribution in [1.29, 1.82) is 0 Å². The maximum Gasteiger partial charge on any atom is 0.261 e. The van der Waals surface area contributed by atoms with Crippen molar-refractivity contribution in [2.45, 2.75) is 47.1 Å². The van der Waals surface area contributed by atoms with Crippen molar-refractivity contribution in [3.8, 4) is 5.75 Å². The number of hydrogen-bond donors (Lipinski definition) is 1. The number of hydrogen-bond acceptors (Lipinski definition) is 3. The highest BCUT2D eigenvalue weighted by Crippen LogP contribution is 2.26. The van der Waals surface area contributed by atoms with E-state index in [-0.39, 0.29) is 18.4 Å². The average molecular weight is 489 g/mol. The van der Waals surface area contributed by atoms with Gasteiger partial charge in [-0.25, -0.2) is 0 Å². The molecule has 0 spiro atoms. The highest BCUT2D eigenvalue weighted by molar-refractivity contribution is 9.10. The van der Waals surface area contributed by atoms with Gasteiger partial charge in [-0.3, -0.25) is 9.59 Å². The van der Waals surface area contributed by atoms with Crippen LogP contribution in [-0.2, 0) is 16.0 Å². The van der Waals surface area contributed by atoms with Gasteiger partial charge in [0.2, 0.25) is 5.91 Å². The Hall–Kier alpha value is -2.34. The topological polar surface area (TPSA) is 58.6 Å². The molecule has 5 nitrogen and oxygen atoms in total. The van der Waals surface area contributed by atoms with Crippen LogP contribution in [0.25, 0.3) is 0 Å². The molecule has 0 fully saturated rings. The van der Waals surface area contributed by atoms with Gasteiger partial charge in [0.05, 0.1) is 0 Å². The SMILES string of the molecule is Cc1cc(OCC(=O)N(CCc2ccccc2)[C@@H](C)C(=O)NCC(C)C)cc(C)c1Br. The lowest BCUT2D eigenvalue weighted by molar-refractivity contribution is -0.141. The van der Waals surface area contributed by atoms with E-state index in [9.17, 15) is 9.59 Å². The smallest absolute Gasteiger partial charge is 0.261 e. The second-order valence-electron chi connectivity index (χ2n) is 8.30. The number of carbonyl (C=O) groups is 2. The third kappa shape index (κ3) is 7.69. The monoisotopic (exact) mass is 488 g/mol. The maximum atomic E-state index is 13.1. The lowest BCUT2D eigenvalue weighted by atomic mass is 10.1. The summed E-state index contributed by atoms with van der Waals surface area (Å²) in [6.45, 7) is 10.7. The highest BCUT2D eigenvalue weighted by Gasteiger charge is 2.26. The molecule has 2 rings (SSSR count). The van der Waals surface area contributed by atoms with Crippen LogP contribution in [0.2, 0.25) is 0 Å². The first-order valence-electron chi connectivity index (χ1n) is 10.7. The number of halogens is 1. The van der Waals surface area contributed by atoms with Crippen LogP contribution in [0.15, 0.2) is 46.9 Å². The number of amides is 2. The molecule has 6 heteroatoms. The number of aryl methyl sites for hydroxylation is 2. The van der Waals surface area contributed by atoms with Crippen LogP contribution in [0, 0.1) is 19.8 Å². The van der Waals surface area contributed by atoms with Crippen molar-refractivity contribution >= 4 is 27.7 Å². The second kappa shape index (κ2) is 11.9. The minimum atomic E-state index is -0.577. The zero-order chi connectivity index (χ0) is 23.0. The Kier molecular flexibility index (Phi) is 9.56. The first-order chi connectivity index (χ1) is 14.7. The summed E-state index contributed by atoms with van der Waals surface area (Å²) in [5.41, 5.74) is 3.21. The predicted octanol–water partition coefficient (Wildman–Crippen LogP) is 4.68. The minimum absolute atomic E-state index is 0.114. The van der Waals surface area contributed by atoms with E-state index in [0.717, 1.165) is 21.2 Å². The molecule has 0 radical (unpaired) electrons. The molecule has 168 valence electrons. The van der Waals surface area contributed by atoms with E-state index in [1.807, 2.05) is 70.2 Å². The molecule has 0 unspecified atom stereocenters. The van der Waals surface area contributed by atoms with Gasteiger partial charge in [0.15, 0.2) is 6.61 Å². The molecule has 0 aromatic heterocycles. The molecule has 1 atom stereocenters. The van der Waals surface area contributed by atoms with E-state index in [0.29, 0.717) is 31.2 Å². The number of carbonyl (C=O) groups excluding carboxylic acids is 2. The molecular weight excluding hydrogens is 456 g/mol. The largest absolute Gasteiger partial charge is 0.484 e. The number of nitrogens with one attached hydrogen (secondary N) is 1. The van der Waals surface area contributed by atoms with Gasteiger partial charge >= 0.3 is 0 Å². The molecule has 0 bridgehead atoms. The molecular formula is C25H33BrN2O3. The number of rotatable bonds is 10. The first kappa shape index (κ1) is 24.9. The predicted molar refractivity (Wildman–Crippen MR) is 128 cm³/mol. The zero-order valence-corrected chi connectivity index (χ0v) is 20.7. The summed E-state index contributed by atoms with van der Waals surface area (Å²) in [5.74, 6) is 0.634. The standard InChI is InChI=1S/C25H33BrN2O3/c1-17(2)15-27-25(30)20(5)28(12-11-21-9-7-6-8-10-21)23(29)16-31-22-13-18(3)24(26)19(4)14-22/h6-10,13-14,17,20H,11-12,15-16H2,1-5H3,(H,27,30)/t20-/m0/s1. The molecule has 2 aromatic carbocycles. The molecule has 31 heavy (non-hydrogen) atoms. The molecule has 0 aliphatic carbocycles. The fraction of sp³-hybridized carbons (Fsp3) is 0.440. The van der Waals surface area contributed by atoms with Gasteiger partial charge in [-0.05, 0) is 61.9 Å². The lowest BCUT2D eigenvalue weighted by Crippen LogP contribution is -2.50. The summed E-state index contributed by atoms with van der Waals surface area (Å²) in [5, 5.41) is 2.93. The summed E-state index contributed by atoms with van der Waals surface area (Å²) in [6.07, 6.45) is 0.672. The summed E-state index contributed by atoms with van der Waals surface area (Å²) in [6, 6.07) is 13.2. The normalized spacial score (nSPS) is 11.8. The molecule has 0 heterocycles. The number of ether oxygens (including phenoxy) is 1.